The fourth-order valence-corrected chi connectivity index (χ4v) is 8.77. The number of nitrogens with one attached hydrogen (secondary N) is 2. The number of aromatic nitrogens is 2. The summed E-state index contributed by atoms with van der Waals surface area (Å²) in [6, 6.07) is 11.0. The molecule has 276 valence electrons. The van der Waals surface area contributed by atoms with Crippen LogP contribution >= 0.6 is 11.6 Å². The molecule has 4 fully saturated rings. The maximum absolute atomic E-state index is 15.3. The monoisotopic (exact) mass is 735 g/mol. The van der Waals surface area contributed by atoms with Gasteiger partial charge in [0.2, 0.25) is 11.8 Å². The van der Waals surface area contributed by atoms with Crippen molar-refractivity contribution < 1.29 is 23.2 Å². The van der Waals surface area contributed by atoms with Crippen LogP contribution in [0.4, 0.5) is 20.2 Å². The van der Waals surface area contributed by atoms with Crippen LogP contribution in [0.5, 0.6) is 0 Å². The lowest BCUT2D eigenvalue weighted by atomic mass is 9.71. The maximum Gasteiger partial charge on any atom is 0.287 e. The number of likely N-dealkylation sites (N-methyl/N-ethyl adjacent to an activating group) is 1. The quantitative estimate of drug-likeness (QED) is 0.352. The summed E-state index contributed by atoms with van der Waals surface area (Å²) in [5.41, 5.74) is 2.21. The van der Waals surface area contributed by atoms with Crippen LogP contribution in [0.3, 0.4) is 0 Å². The molecule has 0 bridgehead atoms. The van der Waals surface area contributed by atoms with E-state index in [2.05, 4.69) is 27.7 Å². The number of benzene rings is 2. The summed E-state index contributed by atoms with van der Waals surface area (Å²) >= 11 is 6.30. The molecule has 1 spiro atoms. The molecule has 4 aliphatic rings. The number of likely N-dealkylation sites (tertiary alicyclic amines) is 2. The Labute approximate surface area is 306 Å². The van der Waals surface area contributed by atoms with E-state index in [1.807, 2.05) is 34.1 Å². The Morgan fingerprint density at radius 2 is 1.63 bits per heavy atom. The van der Waals surface area contributed by atoms with Gasteiger partial charge < -0.3 is 20.0 Å². The van der Waals surface area contributed by atoms with Crippen LogP contribution in [0, 0.1) is 17.0 Å². The first-order valence-corrected chi connectivity index (χ1v) is 18.4. The highest BCUT2D eigenvalue weighted by Gasteiger charge is 2.40. The first-order chi connectivity index (χ1) is 24.9. The third kappa shape index (κ3) is 7.17. The van der Waals surface area contributed by atoms with Gasteiger partial charge in [0.05, 0.1) is 23.5 Å². The molecular weight excluding hydrogens is 692 g/mol. The Bertz CT molecular complexity index is 1920. The van der Waals surface area contributed by atoms with Crippen LogP contribution in [0.25, 0.3) is 0 Å². The van der Waals surface area contributed by atoms with Gasteiger partial charge in [-0.15, -0.1) is 0 Å². The molecule has 14 heteroatoms. The molecular formula is C38H44ClF2N7O4. The highest BCUT2D eigenvalue weighted by molar-refractivity contribution is 6.32. The van der Waals surface area contributed by atoms with E-state index < -0.39 is 29.4 Å². The molecule has 1 unspecified atom stereocenters. The van der Waals surface area contributed by atoms with Crippen LogP contribution in [0.2, 0.25) is 5.02 Å². The molecule has 0 saturated carbocycles. The SMILES string of the molecule is CN1C[C@H](Nc2cnn(C)c(=O)c2Cl)C[C@H](c2ccc(C(=O)N3CCC4(CC3)CCN(c3ccc(C5CCC(=O)NC5=O)c(F)c3F)CC4)cc2)C1. The Balaban J connectivity index is 0.923. The standard InChI is InChI=1S/C38H44ClF2N7O4/c1-45-21-25(19-26(22-45)43-29-20-42-46(2)37(52)32(29)39)23-3-5-24(6-4-23)36(51)48-17-13-38(14-18-48)11-15-47(16-12-38)30-9-7-27(33(40)34(30)41)28-8-10-31(49)44-35(28)50/h3-7,9,20,25-26,28,43H,8,10-19,21-22H2,1-2H3,(H,44,49,50)/t25-,26+,28?/m0/s1. The highest BCUT2D eigenvalue weighted by atomic mass is 35.5. The number of halogens is 3. The number of piperidine rings is 4. The summed E-state index contributed by atoms with van der Waals surface area (Å²) in [5.74, 6) is -3.62. The minimum Gasteiger partial charge on any atom is -0.378 e. The van der Waals surface area contributed by atoms with E-state index in [1.54, 1.807) is 19.3 Å². The third-order valence-electron chi connectivity index (χ3n) is 11.7. The van der Waals surface area contributed by atoms with Crippen molar-refractivity contribution in [1.82, 2.24) is 24.9 Å². The molecule has 4 saturated heterocycles. The summed E-state index contributed by atoms with van der Waals surface area (Å²) in [6.07, 6.45) is 6.00. The summed E-state index contributed by atoms with van der Waals surface area (Å²) in [7, 11) is 3.63. The molecule has 7 rings (SSSR count). The van der Waals surface area contributed by atoms with Crippen molar-refractivity contribution in [3.8, 4) is 0 Å². The zero-order valence-electron chi connectivity index (χ0n) is 29.5. The second-order valence-corrected chi connectivity index (χ2v) is 15.4. The van der Waals surface area contributed by atoms with E-state index in [0.29, 0.717) is 37.4 Å². The maximum atomic E-state index is 15.3. The van der Waals surface area contributed by atoms with Crippen molar-refractivity contribution in [1.29, 1.82) is 0 Å². The lowest BCUT2D eigenvalue weighted by Crippen LogP contribution is -2.48. The van der Waals surface area contributed by atoms with Gasteiger partial charge in [-0.3, -0.25) is 24.5 Å². The molecule has 52 heavy (non-hydrogen) atoms. The number of carbonyl (C=O) groups is 3. The Hall–Kier alpha value is -4.36. The molecule has 3 aromatic rings. The number of imide groups is 1. The molecule has 5 heterocycles. The highest BCUT2D eigenvalue weighted by Crippen LogP contribution is 2.43. The molecule has 0 radical (unpaired) electrons. The summed E-state index contributed by atoms with van der Waals surface area (Å²) in [5, 5.41) is 9.85. The van der Waals surface area contributed by atoms with Gasteiger partial charge in [0, 0.05) is 69.9 Å². The van der Waals surface area contributed by atoms with Gasteiger partial charge in [-0.1, -0.05) is 29.8 Å². The van der Waals surface area contributed by atoms with Gasteiger partial charge in [-0.05, 0) is 80.7 Å². The number of amides is 3. The molecule has 2 aromatic carbocycles. The molecule has 3 amide bonds. The zero-order chi connectivity index (χ0) is 36.7. The number of hydrogen-bond acceptors (Lipinski definition) is 8. The first kappa shape index (κ1) is 36.0. The number of aryl methyl sites for hydroxylation is 1. The van der Waals surface area contributed by atoms with E-state index in [0.717, 1.165) is 50.8 Å². The van der Waals surface area contributed by atoms with E-state index in [4.69, 9.17) is 11.6 Å². The van der Waals surface area contributed by atoms with Crippen molar-refractivity contribution in [2.75, 3.05) is 56.5 Å². The minimum absolute atomic E-state index is 0.0144. The van der Waals surface area contributed by atoms with Gasteiger partial charge in [-0.2, -0.15) is 5.10 Å². The van der Waals surface area contributed by atoms with Gasteiger partial charge in [0.15, 0.2) is 11.6 Å². The molecule has 1 aromatic heterocycles. The van der Waals surface area contributed by atoms with E-state index in [1.165, 1.54) is 10.7 Å². The second-order valence-electron chi connectivity index (χ2n) is 15.0. The minimum atomic E-state index is -1.03. The molecule has 0 aliphatic carbocycles. The Morgan fingerprint density at radius 3 is 2.33 bits per heavy atom. The average molecular weight is 736 g/mol. The van der Waals surface area contributed by atoms with Crippen LogP contribution in [0.15, 0.2) is 47.4 Å². The second kappa shape index (κ2) is 14.6. The molecule has 2 N–H and O–H groups in total. The number of rotatable bonds is 6. The largest absolute Gasteiger partial charge is 0.378 e. The van der Waals surface area contributed by atoms with Crippen LogP contribution in [0.1, 0.15) is 78.3 Å². The molecule has 4 aliphatic heterocycles. The topological polar surface area (TPSA) is 120 Å². The van der Waals surface area contributed by atoms with E-state index in [9.17, 15) is 19.2 Å². The van der Waals surface area contributed by atoms with Crippen LogP contribution < -0.4 is 21.1 Å². The van der Waals surface area contributed by atoms with Gasteiger partial charge in [0.1, 0.15) is 5.02 Å². The van der Waals surface area contributed by atoms with Crippen molar-refractivity contribution in [3.63, 3.8) is 0 Å². The predicted molar refractivity (Wildman–Crippen MR) is 194 cm³/mol. The number of nitrogens with zero attached hydrogens (tertiary/aromatic N) is 5. The van der Waals surface area contributed by atoms with Crippen molar-refractivity contribution in [3.05, 3.63) is 86.3 Å². The zero-order valence-corrected chi connectivity index (χ0v) is 30.2. The number of hydrogen-bond donors (Lipinski definition) is 2. The van der Waals surface area contributed by atoms with Gasteiger partial charge in [0.25, 0.3) is 11.5 Å². The first-order valence-electron chi connectivity index (χ1n) is 18.0. The number of anilines is 2. The van der Waals surface area contributed by atoms with Crippen molar-refractivity contribution in [2.45, 2.75) is 62.8 Å². The summed E-state index contributed by atoms with van der Waals surface area (Å²) in [6.45, 7) is 4.10. The summed E-state index contributed by atoms with van der Waals surface area (Å²) in [4.78, 5) is 55.6. The predicted octanol–water partition coefficient (Wildman–Crippen LogP) is 4.65. The van der Waals surface area contributed by atoms with Crippen LogP contribution in [-0.2, 0) is 16.6 Å². The van der Waals surface area contributed by atoms with Gasteiger partial charge in [-0.25, -0.2) is 13.5 Å². The smallest absolute Gasteiger partial charge is 0.287 e. The Morgan fingerprint density at radius 1 is 0.942 bits per heavy atom. The third-order valence-corrected chi connectivity index (χ3v) is 12.0. The van der Waals surface area contributed by atoms with E-state index >= 15 is 8.78 Å². The lowest BCUT2D eigenvalue weighted by molar-refractivity contribution is -0.134. The van der Waals surface area contributed by atoms with Gasteiger partial charge >= 0.3 is 0 Å². The van der Waals surface area contributed by atoms with E-state index in [-0.39, 0.29) is 58.0 Å². The molecule has 11 nitrogen and oxygen atoms in total. The van der Waals surface area contributed by atoms with Crippen molar-refractivity contribution in [2.24, 2.45) is 12.5 Å². The van der Waals surface area contributed by atoms with Crippen LogP contribution in [-0.4, -0.2) is 89.7 Å². The molecule has 3 atom stereocenters. The average Bonchev–Trinajstić information content (AvgIpc) is 3.14. The van der Waals surface area contributed by atoms with Crippen molar-refractivity contribution >= 4 is 40.7 Å². The normalized spacial score (nSPS) is 23.8. The number of carbonyl (C=O) groups excluding carboxylic acids is 3. The summed E-state index contributed by atoms with van der Waals surface area (Å²) < 4.78 is 31.8. The fraction of sp³-hybridized carbons (Fsp3) is 0.500. The Kier molecular flexibility index (Phi) is 10.1. The lowest BCUT2D eigenvalue weighted by Gasteiger charge is -2.47. The fourth-order valence-electron chi connectivity index (χ4n) is 8.54.